The van der Waals surface area contributed by atoms with Crippen LogP contribution in [0.2, 0.25) is 0 Å². The third-order valence-electron chi connectivity index (χ3n) is 7.36. The number of aromatic hydroxyl groups is 1. The Balaban J connectivity index is 1.75. The molecule has 7 heteroatoms. The van der Waals surface area contributed by atoms with E-state index in [0.717, 1.165) is 43.4 Å². The molecule has 7 nitrogen and oxygen atoms in total. The molecule has 2 saturated heterocycles. The van der Waals surface area contributed by atoms with E-state index in [1.54, 1.807) is 32.4 Å². The number of phenols is 1. The van der Waals surface area contributed by atoms with Gasteiger partial charge in [-0.1, -0.05) is 12.5 Å². The SMILES string of the molecule is COc1cc2c(cc1OC)C1CC(CC3CCCCN31)OC(=O)CC(O)c1ccc(O)c-2c1. The van der Waals surface area contributed by atoms with Gasteiger partial charge >= 0.3 is 5.97 Å². The maximum Gasteiger partial charge on any atom is 0.309 e. The molecule has 4 bridgehead atoms. The van der Waals surface area contributed by atoms with Crippen LogP contribution in [0, 0.1) is 0 Å². The molecule has 2 N–H and O–H groups in total. The summed E-state index contributed by atoms with van der Waals surface area (Å²) in [5, 5.41) is 21.6. The normalized spacial score (nSPS) is 27.3. The molecule has 0 aliphatic carbocycles. The molecule has 176 valence electrons. The van der Waals surface area contributed by atoms with Crippen LogP contribution in [-0.2, 0) is 9.53 Å². The van der Waals surface area contributed by atoms with Crippen molar-refractivity contribution in [3.63, 3.8) is 0 Å². The molecule has 3 aliphatic heterocycles. The fraction of sp³-hybridized carbons (Fsp3) is 0.500. The molecule has 2 aromatic rings. The maximum absolute atomic E-state index is 12.7. The number of benzene rings is 2. The van der Waals surface area contributed by atoms with Crippen LogP contribution in [0.3, 0.4) is 0 Å². The van der Waals surface area contributed by atoms with E-state index in [9.17, 15) is 15.0 Å². The summed E-state index contributed by atoms with van der Waals surface area (Å²) in [6, 6.07) is 9.19. The van der Waals surface area contributed by atoms with Crippen molar-refractivity contribution >= 4 is 5.97 Å². The molecule has 0 spiro atoms. The molecular formula is C26H31NO6. The smallest absolute Gasteiger partial charge is 0.309 e. The second-order valence-corrected chi connectivity index (χ2v) is 9.28. The lowest BCUT2D eigenvalue weighted by Gasteiger charge is -2.48. The molecular weight excluding hydrogens is 422 g/mol. The van der Waals surface area contributed by atoms with Crippen LogP contribution in [0.15, 0.2) is 30.3 Å². The molecule has 3 heterocycles. The van der Waals surface area contributed by atoms with Gasteiger partial charge in [-0.2, -0.15) is 0 Å². The second-order valence-electron chi connectivity index (χ2n) is 9.28. The summed E-state index contributed by atoms with van der Waals surface area (Å²) >= 11 is 0. The number of carbonyl (C=O) groups excluding carboxylic acids is 1. The Morgan fingerprint density at radius 3 is 2.61 bits per heavy atom. The number of hydrogen-bond acceptors (Lipinski definition) is 7. The van der Waals surface area contributed by atoms with Gasteiger partial charge in [-0.05, 0) is 60.3 Å². The van der Waals surface area contributed by atoms with E-state index in [1.807, 2.05) is 12.1 Å². The van der Waals surface area contributed by atoms with Gasteiger partial charge < -0.3 is 24.4 Å². The van der Waals surface area contributed by atoms with Crippen LogP contribution >= 0.6 is 0 Å². The lowest BCUT2D eigenvalue weighted by Crippen LogP contribution is -2.49. The minimum atomic E-state index is -1.01. The van der Waals surface area contributed by atoms with Gasteiger partial charge in [0, 0.05) is 30.5 Å². The quantitative estimate of drug-likeness (QED) is 0.662. The molecule has 4 atom stereocenters. The van der Waals surface area contributed by atoms with Crippen LogP contribution < -0.4 is 9.47 Å². The third kappa shape index (κ3) is 4.04. The van der Waals surface area contributed by atoms with Crippen molar-refractivity contribution in [1.82, 2.24) is 4.90 Å². The Kier molecular flexibility index (Phi) is 5.93. The van der Waals surface area contributed by atoms with Crippen LogP contribution in [0.25, 0.3) is 11.1 Å². The monoisotopic (exact) mass is 453 g/mol. The summed E-state index contributed by atoms with van der Waals surface area (Å²) in [6.45, 7) is 0.981. The maximum atomic E-state index is 12.7. The first kappa shape index (κ1) is 22.0. The first-order valence-electron chi connectivity index (χ1n) is 11.7. The molecule has 0 amide bonds. The summed E-state index contributed by atoms with van der Waals surface area (Å²) in [5.74, 6) is 0.911. The van der Waals surface area contributed by atoms with Crippen molar-refractivity contribution in [2.45, 2.75) is 62.8 Å². The lowest BCUT2D eigenvalue weighted by atomic mass is 9.81. The molecule has 5 rings (SSSR count). The Hall–Kier alpha value is -2.77. The zero-order chi connectivity index (χ0) is 23.1. The zero-order valence-corrected chi connectivity index (χ0v) is 19.1. The Labute approximate surface area is 193 Å². The minimum Gasteiger partial charge on any atom is -0.507 e. The van der Waals surface area contributed by atoms with Gasteiger partial charge in [0.25, 0.3) is 0 Å². The largest absolute Gasteiger partial charge is 0.507 e. The van der Waals surface area contributed by atoms with Crippen molar-refractivity contribution in [2.75, 3.05) is 20.8 Å². The number of fused-ring (bicyclic) bond motifs is 9. The topological polar surface area (TPSA) is 88.5 Å². The van der Waals surface area contributed by atoms with Crippen LogP contribution in [0.4, 0.5) is 0 Å². The average molecular weight is 454 g/mol. The molecule has 0 aromatic heterocycles. The predicted octanol–water partition coefficient (Wildman–Crippen LogP) is 4.11. The summed E-state index contributed by atoms with van der Waals surface area (Å²) in [5.41, 5.74) is 3.00. The van der Waals surface area contributed by atoms with Gasteiger partial charge in [-0.25, -0.2) is 0 Å². The number of methoxy groups -OCH3 is 2. The van der Waals surface area contributed by atoms with Crippen LogP contribution in [-0.4, -0.2) is 54.0 Å². The Bertz CT molecular complexity index is 1050. The number of nitrogens with zero attached hydrogens (tertiary/aromatic N) is 1. The first-order valence-corrected chi connectivity index (χ1v) is 11.7. The highest BCUT2D eigenvalue weighted by Gasteiger charge is 2.41. The summed E-state index contributed by atoms with van der Waals surface area (Å²) in [6.07, 6.45) is 3.47. The summed E-state index contributed by atoms with van der Waals surface area (Å²) in [4.78, 5) is 15.2. The van der Waals surface area contributed by atoms with E-state index in [1.165, 1.54) is 0 Å². The van der Waals surface area contributed by atoms with Crippen LogP contribution in [0.1, 0.15) is 61.8 Å². The Morgan fingerprint density at radius 2 is 1.82 bits per heavy atom. The predicted molar refractivity (Wildman–Crippen MR) is 122 cm³/mol. The van der Waals surface area contributed by atoms with Crippen LogP contribution in [0.5, 0.6) is 17.2 Å². The number of rotatable bonds is 2. The fourth-order valence-corrected chi connectivity index (χ4v) is 5.76. The highest BCUT2D eigenvalue weighted by atomic mass is 16.5. The number of carbonyl (C=O) groups is 1. The molecule has 2 fully saturated rings. The lowest BCUT2D eigenvalue weighted by molar-refractivity contribution is -0.157. The van der Waals surface area contributed by atoms with E-state index < -0.39 is 12.1 Å². The van der Waals surface area contributed by atoms with Gasteiger partial charge in [0.2, 0.25) is 0 Å². The number of ether oxygens (including phenoxy) is 3. The number of aliphatic hydroxyl groups is 1. The molecule has 3 aliphatic rings. The number of hydrogen-bond donors (Lipinski definition) is 2. The van der Waals surface area contributed by atoms with E-state index >= 15 is 0 Å². The van der Waals surface area contributed by atoms with Crippen molar-refractivity contribution in [2.24, 2.45) is 0 Å². The van der Waals surface area contributed by atoms with Crippen molar-refractivity contribution in [3.05, 3.63) is 41.5 Å². The number of esters is 1. The summed E-state index contributed by atoms with van der Waals surface area (Å²) in [7, 11) is 3.21. The molecule has 0 radical (unpaired) electrons. The highest BCUT2D eigenvalue weighted by molar-refractivity contribution is 5.78. The van der Waals surface area contributed by atoms with Crippen molar-refractivity contribution in [1.29, 1.82) is 0 Å². The van der Waals surface area contributed by atoms with E-state index in [2.05, 4.69) is 4.90 Å². The number of piperidine rings is 2. The second kappa shape index (κ2) is 8.88. The minimum absolute atomic E-state index is 0.00376. The van der Waals surface area contributed by atoms with E-state index in [0.29, 0.717) is 35.1 Å². The number of phenolic OH excluding ortho intramolecular Hbond substituents is 1. The summed E-state index contributed by atoms with van der Waals surface area (Å²) < 4.78 is 17.1. The van der Waals surface area contributed by atoms with Gasteiger partial charge in [0.05, 0.1) is 26.7 Å². The van der Waals surface area contributed by atoms with Crippen molar-refractivity contribution in [3.8, 4) is 28.4 Å². The van der Waals surface area contributed by atoms with Gasteiger partial charge in [-0.15, -0.1) is 0 Å². The standard InChI is InChI=1S/C26H31NO6/c1-31-24-12-18-19(13-25(24)32-2)21-11-17(10-16-5-3-4-8-27(16)21)33-26(30)14-23(29)15-6-7-22(28)20(18)9-15/h6-7,9,12-13,16-17,21,23,28-29H,3-5,8,10-11,14H2,1-2H3. The molecule has 33 heavy (non-hydrogen) atoms. The average Bonchev–Trinajstić information content (AvgIpc) is 2.82. The third-order valence-corrected chi connectivity index (χ3v) is 7.36. The first-order chi connectivity index (χ1) is 16.0. The van der Waals surface area contributed by atoms with Gasteiger partial charge in [0.1, 0.15) is 11.9 Å². The van der Waals surface area contributed by atoms with E-state index in [4.69, 9.17) is 14.2 Å². The molecule has 4 unspecified atom stereocenters. The zero-order valence-electron chi connectivity index (χ0n) is 19.1. The van der Waals surface area contributed by atoms with Crippen molar-refractivity contribution < 1.29 is 29.2 Å². The fourth-order valence-electron chi connectivity index (χ4n) is 5.76. The van der Waals surface area contributed by atoms with E-state index in [-0.39, 0.29) is 24.3 Å². The number of aliphatic hydroxyl groups excluding tert-OH is 1. The van der Waals surface area contributed by atoms with Gasteiger partial charge in [0.15, 0.2) is 11.5 Å². The Morgan fingerprint density at radius 1 is 1.03 bits per heavy atom. The molecule has 0 saturated carbocycles. The highest BCUT2D eigenvalue weighted by Crippen LogP contribution is 2.48. The van der Waals surface area contributed by atoms with Gasteiger partial charge in [-0.3, -0.25) is 9.69 Å². The molecule has 2 aromatic carbocycles.